The Balaban J connectivity index is 1.86. The third-order valence-electron chi connectivity index (χ3n) is 3.18. The van der Waals surface area contributed by atoms with Gasteiger partial charge in [-0.05, 0) is 18.6 Å². The predicted molar refractivity (Wildman–Crippen MR) is 83.1 cm³/mol. The number of sulfonamides is 1. The molecule has 1 aromatic rings. The second kappa shape index (κ2) is 6.77. The predicted octanol–water partition coefficient (Wildman–Crippen LogP) is 0.457. The summed E-state index contributed by atoms with van der Waals surface area (Å²) in [7, 11) is -1.48. The van der Waals surface area contributed by atoms with Crippen molar-refractivity contribution in [1.29, 1.82) is 0 Å². The van der Waals surface area contributed by atoms with Gasteiger partial charge in [-0.3, -0.25) is 4.99 Å². The highest BCUT2D eigenvalue weighted by Gasteiger charge is 2.27. The first-order valence-corrected chi connectivity index (χ1v) is 8.31. The molecule has 0 aliphatic carbocycles. The molecule has 21 heavy (non-hydrogen) atoms. The first kappa shape index (κ1) is 15.6. The average Bonchev–Trinajstić information content (AvgIpc) is 2.78. The number of benzene rings is 1. The number of nitrogens with one attached hydrogen (secondary N) is 1. The third kappa shape index (κ3) is 4.33. The van der Waals surface area contributed by atoms with E-state index in [1.54, 1.807) is 13.2 Å². The van der Waals surface area contributed by atoms with E-state index in [0.717, 1.165) is 11.4 Å². The molecule has 8 heteroatoms. The van der Waals surface area contributed by atoms with Crippen molar-refractivity contribution in [3.05, 3.63) is 24.3 Å². The summed E-state index contributed by atoms with van der Waals surface area (Å²) in [5, 5.41) is 2.94. The van der Waals surface area contributed by atoms with Crippen molar-refractivity contribution in [1.82, 2.24) is 4.31 Å². The topological polar surface area (TPSA) is 97.0 Å². The van der Waals surface area contributed by atoms with Gasteiger partial charge in [0.25, 0.3) is 0 Å². The molecule has 3 N–H and O–H groups in total. The molecule has 0 unspecified atom stereocenters. The lowest BCUT2D eigenvalue weighted by Gasteiger charge is -2.12. The maximum absolute atomic E-state index is 11.6. The molecule has 0 atom stereocenters. The minimum atomic E-state index is -3.07. The number of anilines is 1. The molecule has 0 radical (unpaired) electrons. The zero-order chi connectivity index (χ0) is 15.3. The maximum atomic E-state index is 11.6. The van der Waals surface area contributed by atoms with Crippen LogP contribution in [0, 0.1) is 0 Å². The van der Waals surface area contributed by atoms with Gasteiger partial charge >= 0.3 is 0 Å². The summed E-state index contributed by atoms with van der Waals surface area (Å²) in [5.74, 6) is 1.20. The number of guanidine groups is 1. The molecule has 0 bridgehead atoms. The number of ether oxygens (including phenoxy) is 1. The quantitative estimate of drug-likeness (QED) is 0.608. The lowest BCUT2D eigenvalue weighted by atomic mass is 10.3. The van der Waals surface area contributed by atoms with E-state index in [4.69, 9.17) is 10.5 Å². The van der Waals surface area contributed by atoms with E-state index in [1.807, 2.05) is 18.2 Å². The summed E-state index contributed by atoms with van der Waals surface area (Å²) < 4.78 is 29.8. The zero-order valence-electron chi connectivity index (χ0n) is 11.9. The van der Waals surface area contributed by atoms with Gasteiger partial charge in [-0.15, -0.1) is 0 Å². The molecule has 1 saturated heterocycles. The van der Waals surface area contributed by atoms with Crippen molar-refractivity contribution in [2.24, 2.45) is 10.7 Å². The molecule has 1 heterocycles. The monoisotopic (exact) mass is 312 g/mol. The van der Waals surface area contributed by atoms with Crippen LogP contribution in [-0.2, 0) is 10.0 Å². The summed E-state index contributed by atoms with van der Waals surface area (Å²) in [5.41, 5.74) is 6.55. The highest BCUT2D eigenvalue weighted by molar-refractivity contribution is 7.89. The molecule has 0 amide bonds. The Bertz CT molecular complexity index is 616. The van der Waals surface area contributed by atoms with Gasteiger partial charge in [0.05, 0.1) is 19.4 Å². The summed E-state index contributed by atoms with van der Waals surface area (Å²) in [4.78, 5) is 4.14. The Morgan fingerprint density at radius 1 is 1.52 bits per heavy atom. The number of hydrogen-bond acceptors (Lipinski definition) is 4. The van der Waals surface area contributed by atoms with Crippen molar-refractivity contribution < 1.29 is 13.2 Å². The van der Waals surface area contributed by atoms with Gasteiger partial charge < -0.3 is 15.8 Å². The van der Waals surface area contributed by atoms with Crippen LogP contribution in [0.3, 0.4) is 0 Å². The van der Waals surface area contributed by atoms with Crippen LogP contribution in [-0.4, -0.2) is 51.2 Å². The Morgan fingerprint density at radius 2 is 2.33 bits per heavy atom. The largest absolute Gasteiger partial charge is 0.497 e. The van der Waals surface area contributed by atoms with Gasteiger partial charge in [-0.1, -0.05) is 6.07 Å². The van der Waals surface area contributed by atoms with Gasteiger partial charge in [-0.2, -0.15) is 0 Å². The lowest BCUT2D eigenvalue weighted by molar-refractivity contribution is 0.415. The molecule has 116 valence electrons. The molecular weight excluding hydrogens is 292 g/mol. The molecule has 1 aliphatic heterocycles. The highest BCUT2D eigenvalue weighted by Crippen LogP contribution is 2.16. The van der Waals surface area contributed by atoms with Gasteiger partial charge in [0.2, 0.25) is 10.0 Å². The standard InChI is InChI=1S/C13H20N4O3S/c1-20-12-5-2-4-11(10-12)16-13(14)15-6-8-17-7-3-9-21(17,18)19/h2,4-5,10H,3,6-9H2,1H3,(H3,14,15,16). The Morgan fingerprint density at radius 3 is 3.00 bits per heavy atom. The van der Waals surface area contributed by atoms with Crippen LogP contribution in [0.4, 0.5) is 5.69 Å². The van der Waals surface area contributed by atoms with E-state index in [2.05, 4.69) is 10.3 Å². The van der Waals surface area contributed by atoms with Crippen LogP contribution in [0.15, 0.2) is 29.3 Å². The number of hydrogen-bond donors (Lipinski definition) is 2. The van der Waals surface area contributed by atoms with Crippen LogP contribution in [0.1, 0.15) is 6.42 Å². The fraction of sp³-hybridized carbons (Fsp3) is 0.462. The molecular formula is C13H20N4O3S. The lowest BCUT2D eigenvalue weighted by Crippen LogP contribution is -2.30. The van der Waals surface area contributed by atoms with Crippen molar-refractivity contribution >= 4 is 21.7 Å². The van der Waals surface area contributed by atoms with E-state index >= 15 is 0 Å². The fourth-order valence-corrected chi connectivity index (χ4v) is 3.63. The minimum Gasteiger partial charge on any atom is -0.497 e. The van der Waals surface area contributed by atoms with Gasteiger partial charge in [0.15, 0.2) is 5.96 Å². The van der Waals surface area contributed by atoms with Gasteiger partial charge in [0, 0.05) is 24.8 Å². The molecule has 0 aromatic heterocycles. The van der Waals surface area contributed by atoms with Gasteiger partial charge in [-0.25, -0.2) is 12.7 Å². The minimum absolute atomic E-state index is 0.230. The van der Waals surface area contributed by atoms with E-state index in [9.17, 15) is 8.42 Å². The highest BCUT2D eigenvalue weighted by atomic mass is 32.2. The van der Waals surface area contributed by atoms with Gasteiger partial charge in [0.1, 0.15) is 5.75 Å². The van der Waals surface area contributed by atoms with Crippen molar-refractivity contribution in [2.45, 2.75) is 6.42 Å². The van der Waals surface area contributed by atoms with E-state index in [1.165, 1.54) is 4.31 Å². The number of aliphatic imine (C=N–C) groups is 1. The van der Waals surface area contributed by atoms with E-state index in [-0.39, 0.29) is 11.7 Å². The number of methoxy groups -OCH3 is 1. The van der Waals surface area contributed by atoms with Crippen LogP contribution in [0.25, 0.3) is 0 Å². The van der Waals surface area contributed by atoms with Crippen LogP contribution >= 0.6 is 0 Å². The average molecular weight is 312 g/mol. The third-order valence-corrected chi connectivity index (χ3v) is 5.13. The normalized spacial score (nSPS) is 18.6. The molecule has 1 fully saturated rings. The van der Waals surface area contributed by atoms with Crippen molar-refractivity contribution in [2.75, 3.05) is 37.8 Å². The zero-order valence-corrected chi connectivity index (χ0v) is 12.8. The van der Waals surface area contributed by atoms with Crippen molar-refractivity contribution in [3.63, 3.8) is 0 Å². The van der Waals surface area contributed by atoms with Crippen LogP contribution in [0.2, 0.25) is 0 Å². The number of rotatable bonds is 5. The smallest absolute Gasteiger partial charge is 0.214 e. The molecule has 0 spiro atoms. The summed E-state index contributed by atoms with van der Waals surface area (Å²) >= 11 is 0. The Labute approximate surface area is 124 Å². The molecule has 7 nitrogen and oxygen atoms in total. The molecule has 0 saturated carbocycles. The Kier molecular flexibility index (Phi) is 5.03. The SMILES string of the molecule is COc1cccc(NC(N)=NCCN2CCCS2(=O)=O)c1. The van der Waals surface area contributed by atoms with Crippen LogP contribution in [0.5, 0.6) is 5.75 Å². The molecule has 1 aromatic carbocycles. The Hall–Kier alpha value is -1.80. The first-order valence-electron chi connectivity index (χ1n) is 6.70. The number of nitrogens with zero attached hydrogens (tertiary/aromatic N) is 2. The van der Waals surface area contributed by atoms with Crippen molar-refractivity contribution in [3.8, 4) is 5.75 Å². The summed E-state index contributed by atoms with van der Waals surface area (Å²) in [6.07, 6.45) is 0.684. The summed E-state index contributed by atoms with van der Waals surface area (Å²) in [6.45, 7) is 1.27. The fourth-order valence-electron chi connectivity index (χ4n) is 2.11. The first-order chi connectivity index (χ1) is 10.0. The summed E-state index contributed by atoms with van der Waals surface area (Å²) in [6, 6.07) is 7.31. The maximum Gasteiger partial charge on any atom is 0.214 e. The second-order valence-electron chi connectivity index (χ2n) is 4.69. The van der Waals surface area contributed by atoms with Crippen LogP contribution < -0.4 is 15.8 Å². The molecule has 2 rings (SSSR count). The second-order valence-corrected chi connectivity index (χ2v) is 6.78. The molecule has 1 aliphatic rings. The van der Waals surface area contributed by atoms with E-state index < -0.39 is 10.0 Å². The number of nitrogens with two attached hydrogens (primary N) is 1. The van der Waals surface area contributed by atoms with E-state index in [0.29, 0.717) is 26.1 Å².